The van der Waals surface area contributed by atoms with Gasteiger partial charge in [0.1, 0.15) is 0 Å². The molecular weight excluding hydrogens is 244 g/mol. The smallest absolute Gasteiger partial charge is 0.0931 e. The first kappa shape index (κ1) is 12.6. The molecule has 2 aliphatic rings. The van der Waals surface area contributed by atoms with E-state index in [1.807, 2.05) is 11.3 Å². The number of nitrogens with two attached hydrogens (primary N) is 1. The molecule has 2 N–H and O–H groups in total. The third-order valence-corrected chi connectivity index (χ3v) is 5.54. The van der Waals surface area contributed by atoms with Crippen LogP contribution in [-0.2, 0) is 23.0 Å². The largest absolute Gasteiger partial charge is 0.381 e. The maximum absolute atomic E-state index is 5.55. The summed E-state index contributed by atoms with van der Waals surface area (Å²) < 4.78 is 5.52. The zero-order valence-electron chi connectivity index (χ0n) is 10.9. The minimum absolute atomic E-state index is 0.371. The van der Waals surface area contributed by atoms with Crippen LogP contribution in [0.2, 0.25) is 0 Å². The zero-order chi connectivity index (χ0) is 12.4. The van der Waals surface area contributed by atoms with E-state index in [0.29, 0.717) is 5.41 Å². The van der Waals surface area contributed by atoms with Crippen LogP contribution >= 0.6 is 11.3 Å². The van der Waals surface area contributed by atoms with E-state index in [0.717, 1.165) is 32.6 Å². The normalized spacial score (nSPS) is 21.4. The van der Waals surface area contributed by atoms with Gasteiger partial charge in [0, 0.05) is 23.5 Å². The number of unbranched alkanes of at least 4 members (excludes halogenated alkanes) is 1. The molecule has 0 radical (unpaired) electrons. The lowest BCUT2D eigenvalue weighted by molar-refractivity contribution is 0.0493. The minimum atomic E-state index is 0.371. The van der Waals surface area contributed by atoms with Crippen molar-refractivity contribution < 1.29 is 4.74 Å². The molecule has 0 amide bonds. The Morgan fingerprint density at radius 3 is 2.83 bits per heavy atom. The van der Waals surface area contributed by atoms with Crippen LogP contribution in [0.3, 0.4) is 0 Å². The van der Waals surface area contributed by atoms with Crippen molar-refractivity contribution >= 4 is 11.3 Å². The molecule has 0 aromatic carbocycles. The monoisotopic (exact) mass is 266 g/mol. The molecule has 2 heterocycles. The molecule has 1 aromatic rings. The fourth-order valence-electron chi connectivity index (χ4n) is 3.23. The van der Waals surface area contributed by atoms with Gasteiger partial charge >= 0.3 is 0 Å². The van der Waals surface area contributed by atoms with E-state index in [4.69, 9.17) is 15.5 Å². The van der Waals surface area contributed by atoms with Gasteiger partial charge in [-0.25, -0.2) is 4.98 Å². The first-order valence-electron chi connectivity index (χ1n) is 7.11. The van der Waals surface area contributed by atoms with Gasteiger partial charge in [0.25, 0.3) is 0 Å². The van der Waals surface area contributed by atoms with Gasteiger partial charge < -0.3 is 10.5 Å². The highest BCUT2D eigenvalue weighted by atomic mass is 32.1. The minimum Gasteiger partial charge on any atom is -0.381 e. The van der Waals surface area contributed by atoms with Crippen molar-refractivity contribution in [2.75, 3.05) is 19.8 Å². The average Bonchev–Trinajstić information content (AvgIpc) is 2.93. The number of rotatable bonds is 4. The second-order valence-corrected chi connectivity index (χ2v) is 6.69. The molecule has 1 saturated heterocycles. The second-order valence-electron chi connectivity index (χ2n) is 5.52. The lowest BCUT2D eigenvalue weighted by Crippen LogP contribution is -2.32. The lowest BCUT2D eigenvalue weighted by atomic mass is 9.78. The van der Waals surface area contributed by atoms with Crippen LogP contribution in [0.5, 0.6) is 0 Å². The number of ether oxygens (including phenoxy) is 1. The highest BCUT2D eigenvalue weighted by Crippen LogP contribution is 2.47. The van der Waals surface area contributed by atoms with E-state index in [9.17, 15) is 0 Å². The average molecular weight is 266 g/mol. The standard InChI is InChI=1S/C14H22N2OS/c15-8-2-1-3-12-16-13-11(18-12)4-5-14(13)6-9-17-10-7-14/h1-10,15H2. The highest BCUT2D eigenvalue weighted by Gasteiger charge is 2.42. The number of aryl methyl sites for hydroxylation is 2. The molecule has 0 atom stereocenters. The Morgan fingerprint density at radius 2 is 2.06 bits per heavy atom. The highest BCUT2D eigenvalue weighted by molar-refractivity contribution is 7.11. The molecule has 100 valence electrons. The Hall–Kier alpha value is -0.450. The number of hydrogen-bond donors (Lipinski definition) is 1. The summed E-state index contributed by atoms with van der Waals surface area (Å²) in [6.45, 7) is 2.63. The van der Waals surface area contributed by atoms with Gasteiger partial charge in [-0.2, -0.15) is 0 Å². The molecule has 0 saturated carbocycles. The Kier molecular flexibility index (Phi) is 3.68. The van der Waals surface area contributed by atoms with Crippen LogP contribution < -0.4 is 5.73 Å². The van der Waals surface area contributed by atoms with Crippen molar-refractivity contribution in [2.45, 2.75) is 50.4 Å². The van der Waals surface area contributed by atoms with Crippen molar-refractivity contribution in [3.05, 3.63) is 15.6 Å². The summed E-state index contributed by atoms with van der Waals surface area (Å²) in [7, 11) is 0. The number of thiazole rings is 1. The van der Waals surface area contributed by atoms with Crippen molar-refractivity contribution in [1.29, 1.82) is 0 Å². The van der Waals surface area contributed by atoms with E-state index in [-0.39, 0.29) is 0 Å². The van der Waals surface area contributed by atoms with E-state index >= 15 is 0 Å². The molecule has 1 aliphatic carbocycles. The van der Waals surface area contributed by atoms with Gasteiger partial charge in [0.2, 0.25) is 0 Å². The third-order valence-electron chi connectivity index (χ3n) is 4.37. The SMILES string of the molecule is NCCCCc1nc2c(s1)CCC21CCOCC1. The molecular formula is C14H22N2OS. The quantitative estimate of drug-likeness (QED) is 0.851. The van der Waals surface area contributed by atoms with Gasteiger partial charge in [-0.05, 0) is 51.5 Å². The van der Waals surface area contributed by atoms with Crippen LogP contribution in [0.1, 0.15) is 47.7 Å². The van der Waals surface area contributed by atoms with E-state index < -0.39 is 0 Å². The Morgan fingerprint density at radius 1 is 1.22 bits per heavy atom. The van der Waals surface area contributed by atoms with E-state index in [1.165, 1.54) is 42.8 Å². The Bertz CT molecular complexity index is 410. The summed E-state index contributed by atoms with van der Waals surface area (Å²) in [5.41, 5.74) is 7.35. The van der Waals surface area contributed by atoms with Crippen LogP contribution in [-0.4, -0.2) is 24.7 Å². The molecule has 3 rings (SSSR count). The molecule has 1 spiro atoms. The summed E-state index contributed by atoms with van der Waals surface area (Å²) in [6.07, 6.45) is 8.29. The van der Waals surface area contributed by atoms with Crippen molar-refractivity contribution in [2.24, 2.45) is 5.73 Å². The second kappa shape index (κ2) is 5.27. The molecule has 0 unspecified atom stereocenters. The fourth-order valence-corrected chi connectivity index (χ4v) is 4.46. The van der Waals surface area contributed by atoms with Crippen LogP contribution in [0.25, 0.3) is 0 Å². The molecule has 18 heavy (non-hydrogen) atoms. The van der Waals surface area contributed by atoms with Crippen molar-refractivity contribution in [3.8, 4) is 0 Å². The molecule has 1 fully saturated rings. The lowest BCUT2D eigenvalue weighted by Gasteiger charge is -2.32. The molecule has 3 nitrogen and oxygen atoms in total. The maximum atomic E-state index is 5.55. The third kappa shape index (κ3) is 2.22. The molecule has 0 bridgehead atoms. The van der Waals surface area contributed by atoms with Crippen LogP contribution in [0.4, 0.5) is 0 Å². The number of fused-ring (bicyclic) bond motifs is 2. The van der Waals surface area contributed by atoms with Gasteiger partial charge in [-0.3, -0.25) is 0 Å². The molecule has 4 heteroatoms. The van der Waals surface area contributed by atoms with E-state index in [1.54, 1.807) is 4.88 Å². The first-order chi connectivity index (χ1) is 8.84. The van der Waals surface area contributed by atoms with E-state index in [2.05, 4.69) is 0 Å². The number of hydrogen-bond acceptors (Lipinski definition) is 4. The van der Waals surface area contributed by atoms with Crippen LogP contribution in [0.15, 0.2) is 0 Å². The molecule has 1 aromatic heterocycles. The summed E-state index contributed by atoms with van der Waals surface area (Å²) in [4.78, 5) is 6.52. The maximum Gasteiger partial charge on any atom is 0.0931 e. The first-order valence-corrected chi connectivity index (χ1v) is 7.93. The van der Waals surface area contributed by atoms with Gasteiger partial charge in [0.15, 0.2) is 0 Å². The predicted molar refractivity (Wildman–Crippen MR) is 74.2 cm³/mol. The van der Waals surface area contributed by atoms with Gasteiger partial charge in [0.05, 0.1) is 10.7 Å². The zero-order valence-corrected chi connectivity index (χ0v) is 11.7. The van der Waals surface area contributed by atoms with Crippen molar-refractivity contribution in [3.63, 3.8) is 0 Å². The number of nitrogens with zero attached hydrogens (tertiary/aromatic N) is 1. The summed E-state index contributed by atoms with van der Waals surface area (Å²) in [5, 5.41) is 1.33. The fraction of sp³-hybridized carbons (Fsp3) is 0.786. The predicted octanol–water partition coefficient (Wildman–Crippen LogP) is 2.42. The van der Waals surface area contributed by atoms with Gasteiger partial charge in [-0.1, -0.05) is 0 Å². The topological polar surface area (TPSA) is 48.1 Å². The summed E-state index contributed by atoms with van der Waals surface area (Å²) >= 11 is 1.95. The number of aromatic nitrogens is 1. The van der Waals surface area contributed by atoms with Crippen LogP contribution in [0, 0.1) is 0 Å². The van der Waals surface area contributed by atoms with Crippen molar-refractivity contribution in [1.82, 2.24) is 4.98 Å². The van der Waals surface area contributed by atoms with Gasteiger partial charge in [-0.15, -0.1) is 11.3 Å². The summed E-state index contributed by atoms with van der Waals surface area (Å²) in [5.74, 6) is 0. The Balaban J connectivity index is 1.74. The Labute approximate surface area is 113 Å². The summed E-state index contributed by atoms with van der Waals surface area (Å²) in [6, 6.07) is 0. The molecule has 1 aliphatic heterocycles.